The fourth-order valence-electron chi connectivity index (χ4n) is 7.91. The molecule has 0 unspecified atom stereocenters. The predicted molar refractivity (Wildman–Crippen MR) is 250 cm³/mol. The summed E-state index contributed by atoms with van der Waals surface area (Å²) in [7, 11) is 0. The Labute approximate surface area is 379 Å². The van der Waals surface area contributed by atoms with Crippen LogP contribution < -0.4 is 13.9 Å². The van der Waals surface area contributed by atoms with Gasteiger partial charge >= 0.3 is 32.8 Å². The number of nitrogens with zero attached hydrogens (tertiary/aromatic N) is 4. The Balaban J connectivity index is 0.00000560. The van der Waals surface area contributed by atoms with Gasteiger partial charge in [0.1, 0.15) is 11.5 Å². The van der Waals surface area contributed by atoms with E-state index in [1.165, 1.54) is 5.56 Å². The van der Waals surface area contributed by atoms with E-state index in [-0.39, 0.29) is 42.9 Å². The van der Waals surface area contributed by atoms with Gasteiger partial charge in [0.25, 0.3) is 5.69 Å². The molecule has 61 heavy (non-hydrogen) atoms. The fraction of sp³-hybridized carbons (Fsp3) is 0.236. The molecule has 2 aromatic heterocycles. The van der Waals surface area contributed by atoms with Crippen molar-refractivity contribution in [1.82, 2.24) is 18.7 Å². The number of aryl methyl sites for hydroxylation is 1. The third-order valence-electron chi connectivity index (χ3n) is 11.4. The molecule has 5 nitrogen and oxygen atoms in total. The Bertz CT molecular complexity index is 3140. The van der Waals surface area contributed by atoms with Gasteiger partial charge in [0.2, 0.25) is 5.69 Å². The maximum atomic E-state index is 8.58. The molecule has 0 saturated heterocycles. The van der Waals surface area contributed by atoms with Crippen LogP contribution in [-0.2, 0) is 37.3 Å². The Hall–Kier alpha value is -5.86. The van der Waals surface area contributed by atoms with Crippen LogP contribution in [0.2, 0.25) is 0 Å². The van der Waals surface area contributed by atoms with Crippen molar-refractivity contribution in [3.05, 3.63) is 168 Å². The summed E-state index contributed by atoms with van der Waals surface area (Å²) in [5.74, 6) is 1.80. The zero-order valence-electron chi connectivity index (χ0n) is 39.2. The van der Waals surface area contributed by atoms with Gasteiger partial charge in [0.05, 0.1) is 0 Å². The largest absolute Gasteiger partial charge is 2.00 e. The average Bonchev–Trinajstić information content (AvgIpc) is 3.78. The second-order valence-electron chi connectivity index (χ2n) is 18.9. The number of fused-ring (bicyclic) bond motifs is 4. The number of aromatic nitrogens is 2. The maximum Gasteiger partial charge on any atom is 2.00 e. The standard InChI is InChI=1S/C55H52N4O.Pt/c1-36-16-14-21-49-52(36)58(43-30-40(54(5,6)7)29-41(31-43)55(8,9)10)35-57(49)42-19-15-20-44(33-42)60-45-23-24-46-47-28-38(37-17-12-11-13-18-37)22-25-48(47)59(50(46)34-45)51-32-39(26-27-56-51)53(2,3)4;/h11-32H,1-10H3;/q;+2/i1D3;. The van der Waals surface area contributed by atoms with Gasteiger partial charge in [0.15, 0.2) is 0 Å². The molecule has 0 aliphatic carbocycles. The monoisotopic (exact) mass is 982 g/mol. The van der Waals surface area contributed by atoms with Crippen LogP contribution >= 0.6 is 0 Å². The van der Waals surface area contributed by atoms with Crippen molar-refractivity contribution in [2.45, 2.75) is 85.4 Å². The Morgan fingerprint density at radius 1 is 0.623 bits per heavy atom. The number of rotatable bonds is 6. The summed E-state index contributed by atoms with van der Waals surface area (Å²) >= 11 is 0. The van der Waals surface area contributed by atoms with Crippen molar-refractivity contribution in [3.63, 3.8) is 0 Å². The Morgan fingerprint density at radius 3 is 2.03 bits per heavy atom. The van der Waals surface area contributed by atoms with Crippen molar-refractivity contribution in [2.75, 3.05) is 0 Å². The van der Waals surface area contributed by atoms with Gasteiger partial charge in [-0.1, -0.05) is 145 Å². The predicted octanol–water partition coefficient (Wildman–Crippen LogP) is 14.3. The van der Waals surface area contributed by atoms with E-state index in [1.54, 1.807) is 12.1 Å². The third kappa shape index (κ3) is 7.94. The minimum Gasteiger partial charge on any atom is -0.509 e. The molecule has 0 spiro atoms. The molecule has 3 heterocycles. The minimum atomic E-state index is -2.37. The number of hydrogen-bond acceptors (Lipinski definition) is 2. The quantitative estimate of drug-likeness (QED) is 0.123. The molecule has 6 heteroatoms. The van der Waals surface area contributed by atoms with E-state index in [9.17, 15) is 0 Å². The van der Waals surface area contributed by atoms with E-state index in [1.807, 2.05) is 51.7 Å². The number of benzene rings is 6. The third-order valence-corrected chi connectivity index (χ3v) is 11.4. The van der Waals surface area contributed by atoms with Gasteiger partial charge in [-0.2, -0.15) is 12.1 Å². The normalized spacial score (nSPS) is 13.8. The summed E-state index contributed by atoms with van der Waals surface area (Å²) in [5, 5.41) is 2.12. The van der Waals surface area contributed by atoms with Crippen LogP contribution in [0.1, 0.15) is 88.7 Å². The maximum absolute atomic E-state index is 8.58. The Morgan fingerprint density at radius 2 is 1.33 bits per heavy atom. The van der Waals surface area contributed by atoms with Crippen LogP contribution in [0.25, 0.3) is 38.8 Å². The molecule has 0 bridgehead atoms. The summed E-state index contributed by atoms with van der Waals surface area (Å²) in [6.45, 7) is 17.4. The van der Waals surface area contributed by atoms with Crippen LogP contribution in [0.4, 0.5) is 22.7 Å². The van der Waals surface area contributed by atoms with Crippen LogP contribution in [0.5, 0.6) is 11.5 Å². The molecule has 0 N–H and O–H groups in total. The van der Waals surface area contributed by atoms with Crippen LogP contribution in [0.15, 0.2) is 134 Å². The summed E-state index contributed by atoms with van der Waals surface area (Å²) < 4.78 is 38.3. The van der Waals surface area contributed by atoms with E-state index >= 15 is 0 Å². The molecule has 6 aromatic carbocycles. The molecule has 0 radical (unpaired) electrons. The summed E-state index contributed by atoms with van der Waals surface area (Å²) in [6, 6.07) is 53.6. The first-order chi connectivity index (χ1) is 29.7. The van der Waals surface area contributed by atoms with E-state index in [2.05, 4.69) is 164 Å². The van der Waals surface area contributed by atoms with Gasteiger partial charge in [0, 0.05) is 51.1 Å². The summed E-state index contributed by atoms with van der Waals surface area (Å²) in [4.78, 5) is 4.89. The van der Waals surface area contributed by atoms with Crippen molar-refractivity contribution in [2.24, 2.45) is 0 Å². The molecular formula is C55H52N4OPt+2. The first-order valence-electron chi connectivity index (χ1n) is 22.1. The Kier molecular flexibility index (Phi) is 9.71. The number of hydrogen-bond donors (Lipinski definition) is 0. The molecular weight excluding hydrogens is 928 g/mol. The fourth-order valence-corrected chi connectivity index (χ4v) is 7.91. The van der Waals surface area contributed by atoms with Gasteiger partial charge in [-0.3, -0.25) is 0 Å². The molecule has 9 rings (SSSR count). The van der Waals surface area contributed by atoms with Crippen molar-refractivity contribution >= 4 is 50.6 Å². The van der Waals surface area contributed by atoms with Gasteiger partial charge in [-0.25, -0.2) is 4.98 Å². The van der Waals surface area contributed by atoms with Gasteiger partial charge in [-0.15, -0.1) is 23.6 Å². The van der Waals surface area contributed by atoms with Crippen LogP contribution in [0, 0.1) is 19.0 Å². The summed E-state index contributed by atoms with van der Waals surface area (Å²) in [5.41, 5.74) is 10.3. The second-order valence-corrected chi connectivity index (χ2v) is 18.9. The second kappa shape index (κ2) is 15.6. The minimum absolute atomic E-state index is 0. The summed E-state index contributed by atoms with van der Waals surface area (Å²) in [6.07, 6.45) is 1.88. The van der Waals surface area contributed by atoms with Crippen molar-refractivity contribution in [3.8, 4) is 28.4 Å². The zero-order valence-corrected chi connectivity index (χ0v) is 38.5. The first kappa shape index (κ1) is 38.1. The molecule has 0 atom stereocenters. The zero-order chi connectivity index (χ0) is 44.6. The van der Waals surface area contributed by atoms with Gasteiger partial charge in [-0.05, 0) is 79.1 Å². The molecule has 0 saturated carbocycles. The number of pyridine rings is 1. The van der Waals surface area contributed by atoms with E-state index in [0.717, 1.165) is 55.6 Å². The van der Waals surface area contributed by atoms with E-state index in [0.29, 0.717) is 28.6 Å². The number of para-hydroxylation sites is 1. The number of ether oxygens (including phenoxy) is 1. The topological polar surface area (TPSA) is 33.1 Å². The molecule has 306 valence electrons. The van der Waals surface area contributed by atoms with Crippen LogP contribution in [0.3, 0.4) is 0 Å². The van der Waals surface area contributed by atoms with E-state index < -0.39 is 6.85 Å². The SMILES string of the molecule is [2H]C([2H])([2H])c1cccc2c1[N+](c1cc(C(C)(C)C)cc(C(C)(C)C)c1)=C=[N+]2c1[c-]c(Oc2[c-]c3c(cc2)c2cc(-c4ccccc4)ccc2n3-c2cc(C(C)(C)C)ccn2)ccc1.[Pt+2]. The van der Waals surface area contributed by atoms with Gasteiger partial charge < -0.3 is 9.30 Å². The average molecular weight is 983 g/mol. The molecule has 0 amide bonds. The molecule has 1 aliphatic rings. The smallest absolute Gasteiger partial charge is 0.509 e. The van der Waals surface area contributed by atoms with Crippen LogP contribution in [-0.4, -0.2) is 15.6 Å². The van der Waals surface area contributed by atoms with Crippen molar-refractivity contribution in [1.29, 1.82) is 0 Å². The first-order valence-corrected chi connectivity index (χ1v) is 20.6. The molecule has 0 fully saturated rings. The molecule has 1 aliphatic heterocycles. The van der Waals surface area contributed by atoms with Crippen molar-refractivity contribution < 1.29 is 29.9 Å². The molecule has 8 aromatic rings. The van der Waals surface area contributed by atoms with E-state index in [4.69, 9.17) is 13.8 Å².